The second-order valence-electron chi connectivity index (χ2n) is 7.04. The van der Waals surface area contributed by atoms with Crippen molar-refractivity contribution in [1.82, 2.24) is 9.88 Å². The van der Waals surface area contributed by atoms with Crippen LogP contribution < -0.4 is 5.32 Å². The lowest BCUT2D eigenvalue weighted by Crippen LogP contribution is -2.43. The summed E-state index contributed by atoms with van der Waals surface area (Å²) in [4.78, 5) is 30.5. The molecule has 1 aliphatic rings. The Morgan fingerprint density at radius 2 is 1.87 bits per heavy atom. The van der Waals surface area contributed by atoms with Crippen LogP contribution in [0.25, 0.3) is 0 Å². The van der Waals surface area contributed by atoms with Crippen molar-refractivity contribution in [2.75, 3.05) is 12.4 Å². The summed E-state index contributed by atoms with van der Waals surface area (Å²) in [5.74, 6) is -0.545. The van der Waals surface area contributed by atoms with E-state index < -0.39 is 23.7 Å². The number of alkyl halides is 3. The van der Waals surface area contributed by atoms with E-state index in [0.717, 1.165) is 44.2 Å². The van der Waals surface area contributed by atoms with E-state index in [2.05, 4.69) is 15.0 Å². The summed E-state index contributed by atoms with van der Waals surface area (Å²) in [6.45, 7) is 0.207. The molecule has 0 aliphatic heterocycles. The summed E-state index contributed by atoms with van der Waals surface area (Å²) >= 11 is 1.26. The minimum atomic E-state index is -4.43. The molecular weight excluding hydrogens is 419 g/mol. The van der Waals surface area contributed by atoms with Crippen LogP contribution in [0.3, 0.4) is 0 Å². The zero-order valence-electron chi connectivity index (χ0n) is 16.4. The summed E-state index contributed by atoms with van der Waals surface area (Å²) in [5, 5.41) is 4.85. The van der Waals surface area contributed by atoms with Gasteiger partial charge in [-0.25, -0.2) is 14.6 Å². The van der Waals surface area contributed by atoms with Gasteiger partial charge in [-0.15, -0.1) is 11.3 Å². The number of nitrogens with zero attached hydrogens (tertiary/aromatic N) is 2. The molecule has 2 aromatic rings. The molecule has 1 aliphatic carbocycles. The zero-order valence-corrected chi connectivity index (χ0v) is 17.2. The number of hydrogen-bond acceptors (Lipinski definition) is 5. The summed E-state index contributed by atoms with van der Waals surface area (Å²) < 4.78 is 42.9. The van der Waals surface area contributed by atoms with Crippen LogP contribution in [-0.4, -0.2) is 35.0 Å². The van der Waals surface area contributed by atoms with Crippen molar-refractivity contribution in [2.24, 2.45) is 0 Å². The predicted octanol–water partition coefficient (Wildman–Crippen LogP) is 5.32. The molecule has 30 heavy (non-hydrogen) atoms. The van der Waals surface area contributed by atoms with E-state index in [1.807, 2.05) is 0 Å². The van der Waals surface area contributed by atoms with E-state index in [4.69, 9.17) is 0 Å². The second-order valence-corrected chi connectivity index (χ2v) is 7.99. The van der Waals surface area contributed by atoms with Gasteiger partial charge in [-0.1, -0.05) is 19.3 Å². The zero-order chi connectivity index (χ0) is 21.7. The lowest BCUT2D eigenvalue weighted by Gasteiger charge is -2.34. The number of carbonyl (C=O) groups is 2. The van der Waals surface area contributed by atoms with Crippen molar-refractivity contribution in [3.63, 3.8) is 0 Å². The third-order valence-corrected chi connectivity index (χ3v) is 5.83. The summed E-state index contributed by atoms with van der Waals surface area (Å²) in [7, 11) is 1.27. The molecule has 1 aromatic carbocycles. The number of halogens is 3. The second kappa shape index (κ2) is 9.46. The quantitative estimate of drug-likeness (QED) is 0.638. The highest BCUT2D eigenvalue weighted by atomic mass is 32.1. The van der Waals surface area contributed by atoms with Crippen LogP contribution in [0.5, 0.6) is 0 Å². The average molecular weight is 441 g/mol. The highest BCUT2D eigenvalue weighted by Crippen LogP contribution is 2.30. The van der Waals surface area contributed by atoms with Crippen LogP contribution in [0, 0.1) is 0 Å². The standard InChI is InChI=1S/C20H22F3N3O3S/c1-29-18(27)16-12-30-17(25-16)11-26(15-5-3-2-4-6-15)19(28)24-14-9-7-13(8-10-14)20(21,22)23/h7-10,12,15H,2-6,11H2,1H3,(H,24,28). The first-order valence-electron chi connectivity index (χ1n) is 9.55. The van der Waals surface area contributed by atoms with Gasteiger partial charge in [-0.2, -0.15) is 13.2 Å². The third kappa shape index (κ3) is 5.50. The van der Waals surface area contributed by atoms with Crippen LogP contribution >= 0.6 is 11.3 Å². The number of aromatic nitrogens is 1. The van der Waals surface area contributed by atoms with Gasteiger partial charge in [0.25, 0.3) is 0 Å². The number of nitrogens with one attached hydrogen (secondary N) is 1. The van der Waals surface area contributed by atoms with E-state index in [-0.39, 0.29) is 24.0 Å². The largest absolute Gasteiger partial charge is 0.464 e. The highest BCUT2D eigenvalue weighted by molar-refractivity contribution is 7.09. The van der Waals surface area contributed by atoms with Gasteiger partial charge in [0, 0.05) is 17.1 Å². The molecule has 0 bridgehead atoms. The Kier molecular flexibility index (Phi) is 6.96. The molecule has 1 N–H and O–H groups in total. The minimum Gasteiger partial charge on any atom is -0.464 e. The van der Waals surface area contributed by atoms with Gasteiger partial charge in [0.05, 0.1) is 19.2 Å². The maximum absolute atomic E-state index is 13.0. The van der Waals surface area contributed by atoms with E-state index in [0.29, 0.717) is 5.01 Å². The van der Waals surface area contributed by atoms with E-state index in [1.165, 1.54) is 30.6 Å². The van der Waals surface area contributed by atoms with Gasteiger partial charge in [0.2, 0.25) is 0 Å². The van der Waals surface area contributed by atoms with Crippen LogP contribution in [0.15, 0.2) is 29.6 Å². The summed E-state index contributed by atoms with van der Waals surface area (Å²) in [5.41, 5.74) is -0.310. The minimum absolute atomic E-state index is 0.00123. The lowest BCUT2D eigenvalue weighted by atomic mass is 9.94. The smallest absolute Gasteiger partial charge is 0.416 e. The topological polar surface area (TPSA) is 71.5 Å². The van der Waals surface area contributed by atoms with E-state index in [1.54, 1.807) is 10.3 Å². The van der Waals surface area contributed by atoms with Crippen molar-refractivity contribution < 1.29 is 27.5 Å². The number of rotatable bonds is 5. The monoisotopic (exact) mass is 441 g/mol. The van der Waals surface area contributed by atoms with Gasteiger partial charge in [0.1, 0.15) is 5.01 Å². The van der Waals surface area contributed by atoms with Gasteiger partial charge in [0.15, 0.2) is 5.69 Å². The summed E-state index contributed by atoms with van der Waals surface area (Å²) in [6.07, 6.45) is 0.360. The molecular formula is C20H22F3N3O3S. The molecule has 162 valence electrons. The first-order valence-corrected chi connectivity index (χ1v) is 10.4. The van der Waals surface area contributed by atoms with Gasteiger partial charge < -0.3 is 15.0 Å². The molecule has 1 saturated carbocycles. The Morgan fingerprint density at radius 3 is 2.47 bits per heavy atom. The fourth-order valence-corrected chi connectivity index (χ4v) is 4.19. The summed E-state index contributed by atoms with van der Waals surface area (Å²) in [6, 6.07) is 3.93. The molecule has 0 atom stereocenters. The van der Waals surface area contributed by atoms with Crippen molar-refractivity contribution >= 4 is 29.0 Å². The number of carbonyl (C=O) groups excluding carboxylic acids is 2. The Morgan fingerprint density at radius 1 is 1.20 bits per heavy atom. The van der Waals surface area contributed by atoms with Crippen LogP contribution in [0.4, 0.5) is 23.7 Å². The number of urea groups is 1. The predicted molar refractivity (Wildman–Crippen MR) is 106 cm³/mol. The third-order valence-electron chi connectivity index (χ3n) is 4.99. The first-order chi connectivity index (χ1) is 14.3. The van der Waals surface area contributed by atoms with Gasteiger partial charge >= 0.3 is 18.2 Å². The highest BCUT2D eigenvalue weighted by Gasteiger charge is 2.30. The van der Waals surface area contributed by atoms with Crippen molar-refractivity contribution in [3.05, 3.63) is 45.9 Å². The Labute approximate surface area is 176 Å². The number of hydrogen-bond donors (Lipinski definition) is 1. The number of thiazole rings is 1. The van der Waals surface area contributed by atoms with Crippen molar-refractivity contribution in [1.29, 1.82) is 0 Å². The van der Waals surface area contributed by atoms with E-state index in [9.17, 15) is 22.8 Å². The Hall–Kier alpha value is -2.62. The molecule has 2 amide bonds. The van der Waals surface area contributed by atoms with Crippen molar-refractivity contribution in [2.45, 2.75) is 50.9 Å². The number of ether oxygens (including phenoxy) is 1. The molecule has 6 nitrogen and oxygen atoms in total. The molecule has 1 aromatic heterocycles. The first kappa shape index (κ1) is 22.1. The number of benzene rings is 1. The van der Waals surface area contributed by atoms with Crippen molar-refractivity contribution in [3.8, 4) is 0 Å². The van der Waals surface area contributed by atoms with E-state index >= 15 is 0 Å². The average Bonchev–Trinajstić information content (AvgIpc) is 3.20. The fraction of sp³-hybridized carbons (Fsp3) is 0.450. The molecule has 1 heterocycles. The van der Waals surface area contributed by atoms with Crippen LogP contribution in [0.2, 0.25) is 0 Å². The molecule has 0 saturated heterocycles. The van der Waals surface area contributed by atoms with Crippen LogP contribution in [-0.2, 0) is 17.5 Å². The number of methoxy groups -OCH3 is 1. The Balaban J connectivity index is 1.75. The lowest BCUT2D eigenvalue weighted by molar-refractivity contribution is -0.137. The normalized spacial score (nSPS) is 14.9. The molecule has 1 fully saturated rings. The number of amides is 2. The fourth-order valence-electron chi connectivity index (χ4n) is 3.42. The maximum Gasteiger partial charge on any atom is 0.416 e. The molecule has 3 rings (SSSR count). The molecule has 0 spiro atoms. The number of esters is 1. The van der Waals surface area contributed by atoms with Gasteiger partial charge in [-0.05, 0) is 37.1 Å². The SMILES string of the molecule is COC(=O)c1csc(CN(C(=O)Nc2ccc(C(F)(F)F)cc2)C2CCCCC2)n1. The van der Waals surface area contributed by atoms with Gasteiger partial charge in [-0.3, -0.25) is 0 Å². The number of anilines is 1. The van der Waals surface area contributed by atoms with Crippen LogP contribution in [0.1, 0.15) is 53.2 Å². The Bertz CT molecular complexity index is 877. The molecule has 0 radical (unpaired) electrons. The molecule has 0 unspecified atom stereocenters. The maximum atomic E-state index is 13.0. The molecule has 10 heteroatoms.